The molecule has 34 heavy (non-hydrogen) atoms. The second kappa shape index (κ2) is 12.2. The second-order valence-corrected chi connectivity index (χ2v) is 7.30. The van der Waals surface area contributed by atoms with Gasteiger partial charge in [-0.05, 0) is 47.9 Å². The van der Waals surface area contributed by atoms with Gasteiger partial charge in [-0.1, -0.05) is 54.9 Å². The van der Waals surface area contributed by atoms with E-state index in [9.17, 15) is 0 Å². The van der Waals surface area contributed by atoms with Gasteiger partial charge >= 0.3 is 0 Å². The molecule has 0 aliphatic carbocycles. The molecule has 2 aromatic heterocycles. The molecule has 0 amide bonds. The summed E-state index contributed by atoms with van der Waals surface area (Å²) >= 11 is 0. The van der Waals surface area contributed by atoms with Crippen LogP contribution in [0.5, 0.6) is 0 Å². The van der Waals surface area contributed by atoms with Gasteiger partial charge in [0.1, 0.15) is 0 Å². The Morgan fingerprint density at radius 2 is 1.47 bits per heavy atom. The van der Waals surface area contributed by atoms with Crippen molar-refractivity contribution in [3.05, 3.63) is 132 Å². The molecular weight excluding hydrogens is 593 g/mol. The van der Waals surface area contributed by atoms with E-state index in [1.165, 1.54) is 6.20 Å². The van der Waals surface area contributed by atoms with Crippen LogP contribution in [0.4, 0.5) is 0 Å². The molecule has 0 unspecified atom stereocenters. The molecule has 5 rings (SSSR count). The van der Waals surface area contributed by atoms with Gasteiger partial charge in [-0.3, -0.25) is 0 Å². The third-order valence-corrected chi connectivity index (χ3v) is 4.86. The Morgan fingerprint density at radius 3 is 2.12 bits per heavy atom. The molecule has 3 heteroatoms. The zero-order valence-corrected chi connectivity index (χ0v) is 20.6. The average molecular weight is 626 g/mol. The Bertz CT molecular complexity index is 1460. The van der Waals surface area contributed by atoms with E-state index in [0.29, 0.717) is 22.4 Å². The molecule has 1 radical (unpaired) electrons. The summed E-state index contributed by atoms with van der Waals surface area (Å²) in [6, 6.07) is 33.2. The van der Waals surface area contributed by atoms with Crippen LogP contribution in [0, 0.1) is 32.7 Å². The van der Waals surface area contributed by atoms with E-state index >= 15 is 0 Å². The maximum Gasteiger partial charge on any atom is 0.0280 e. The first-order chi connectivity index (χ1) is 19.1. The second-order valence-electron chi connectivity index (χ2n) is 7.30. The molecule has 0 saturated carbocycles. The Hall–Kier alpha value is -3.39. The summed E-state index contributed by atoms with van der Waals surface area (Å²) in [5, 5.41) is 0. The van der Waals surface area contributed by atoms with Crippen molar-refractivity contribution in [1.82, 2.24) is 9.97 Å². The molecule has 0 saturated heterocycles. The normalized spacial score (nSPS) is 13.5. The van der Waals surface area contributed by atoms with E-state index in [1.807, 2.05) is 48.5 Å². The first-order valence-corrected chi connectivity index (χ1v) is 10.3. The van der Waals surface area contributed by atoms with Crippen molar-refractivity contribution >= 4 is 0 Å². The van der Waals surface area contributed by atoms with E-state index in [-0.39, 0.29) is 20.1 Å². The molecule has 3 aromatic carbocycles. The first kappa shape index (κ1) is 17.1. The molecule has 0 aliphatic heterocycles. The molecule has 0 N–H and O–H groups in total. The summed E-state index contributed by atoms with van der Waals surface area (Å²) < 4.78 is 51.3. The Labute approximate surface area is 226 Å². The van der Waals surface area contributed by atoms with Gasteiger partial charge in [0.05, 0.1) is 0 Å². The van der Waals surface area contributed by atoms with Crippen molar-refractivity contribution in [2.45, 2.75) is 20.6 Å². The van der Waals surface area contributed by atoms with Crippen LogP contribution >= 0.6 is 0 Å². The summed E-state index contributed by atoms with van der Waals surface area (Å²) in [6.07, 6.45) is 3.27. The number of aryl methyl sites for hydroxylation is 3. The number of aromatic nitrogens is 2. The zero-order valence-electron chi connectivity index (χ0n) is 25.2. The minimum absolute atomic E-state index is 0. The van der Waals surface area contributed by atoms with Crippen LogP contribution in [-0.4, -0.2) is 9.97 Å². The quantitative estimate of drug-likeness (QED) is 0.192. The van der Waals surface area contributed by atoms with Crippen LogP contribution in [-0.2, 0) is 20.1 Å². The van der Waals surface area contributed by atoms with Crippen LogP contribution in [0.15, 0.2) is 103 Å². The van der Waals surface area contributed by atoms with Gasteiger partial charge in [0, 0.05) is 42.1 Å². The van der Waals surface area contributed by atoms with Crippen LogP contribution in [0.3, 0.4) is 0 Å². The molecule has 0 aliphatic rings. The van der Waals surface area contributed by atoms with Crippen molar-refractivity contribution in [2.24, 2.45) is 0 Å². The number of hydrogen-bond acceptors (Lipinski definition) is 2. The van der Waals surface area contributed by atoms with Crippen LogP contribution in [0.1, 0.15) is 26.3 Å². The van der Waals surface area contributed by atoms with Gasteiger partial charge in [-0.25, -0.2) is 0 Å². The summed E-state index contributed by atoms with van der Waals surface area (Å²) in [7, 11) is 0. The standard InChI is InChI=1S/C18H14N.C13H12N.Ir/c1-14-7-9-15(10-8-14)17-11-12-19-18(13-17)16-5-3-2-4-6-16;1-10-3-6-12(7-4-10)13-8-5-11(2)9-14-13;/h2-5,7-13H,1H3;3-6,8-9H,1-2H3;/q2*-1;/i1D3;1D2,2D2;. The fourth-order valence-corrected chi connectivity index (χ4v) is 3.13. The third-order valence-electron chi connectivity index (χ3n) is 4.86. The van der Waals surface area contributed by atoms with Gasteiger partial charge in [0.2, 0.25) is 0 Å². The maximum atomic E-state index is 7.41. The van der Waals surface area contributed by atoms with Crippen molar-refractivity contribution in [3.63, 3.8) is 0 Å². The van der Waals surface area contributed by atoms with Crippen LogP contribution < -0.4 is 0 Å². The topological polar surface area (TPSA) is 25.8 Å². The molecule has 171 valence electrons. The molecule has 2 nitrogen and oxygen atoms in total. The minimum Gasteiger partial charge on any atom is -0.305 e. The zero-order chi connectivity index (χ0) is 28.7. The number of nitrogens with zero attached hydrogens (tertiary/aromatic N) is 2. The molecule has 2 heterocycles. The van der Waals surface area contributed by atoms with Gasteiger partial charge in [0.15, 0.2) is 0 Å². The van der Waals surface area contributed by atoms with E-state index in [2.05, 4.69) is 22.1 Å². The fraction of sp³-hybridized carbons (Fsp3) is 0.0968. The molecule has 0 fully saturated rings. The third kappa shape index (κ3) is 6.81. The van der Waals surface area contributed by atoms with Crippen molar-refractivity contribution in [3.8, 4) is 33.6 Å². The first-order valence-electron chi connectivity index (χ1n) is 14.1. The molecular formula is C31H26IrN2-2. The number of pyridine rings is 2. The summed E-state index contributed by atoms with van der Waals surface area (Å²) in [5.74, 6) is 0. The maximum absolute atomic E-state index is 7.41. The fourth-order valence-electron chi connectivity index (χ4n) is 3.13. The smallest absolute Gasteiger partial charge is 0.0280 e. The van der Waals surface area contributed by atoms with Gasteiger partial charge in [0.25, 0.3) is 0 Å². The summed E-state index contributed by atoms with van der Waals surface area (Å²) in [5.41, 5.74) is 6.71. The molecule has 0 spiro atoms. The van der Waals surface area contributed by atoms with Gasteiger partial charge < -0.3 is 9.97 Å². The molecule has 0 atom stereocenters. The number of rotatable bonds is 3. The van der Waals surface area contributed by atoms with Crippen molar-refractivity contribution in [1.29, 1.82) is 0 Å². The van der Waals surface area contributed by atoms with Crippen molar-refractivity contribution < 1.29 is 29.7 Å². The SMILES string of the molecule is [2H]C([2H])([2H])c1ccc(-c2ccnc(-c3[c-]cccc3)c2)cc1.[2H]C([2H])c1c[c-]c(-c2ccc(C([2H])[2H])cn2)cc1.[Ir]. The van der Waals surface area contributed by atoms with Gasteiger partial charge in [-0.15, -0.1) is 71.3 Å². The predicted octanol–water partition coefficient (Wildman–Crippen LogP) is 7.69. The summed E-state index contributed by atoms with van der Waals surface area (Å²) in [4.78, 5) is 8.55. The molecule has 0 bridgehead atoms. The average Bonchev–Trinajstić information content (AvgIpc) is 2.98. The number of hydrogen-bond donors (Lipinski definition) is 0. The minimum atomic E-state index is -2.07. The van der Waals surface area contributed by atoms with E-state index < -0.39 is 20.6 Å². The van der Waals surface area contributed by atoms with Crippen molar-refractivity contribution in [2.75, 3.05) is 0 Å². The predicted molar refractivity (Wildman–Crippen MR) is 137 cm³/mol. The van der Waals surface area contributed by atoms with E-state index in [4.69, 9.17) is 9.60 Å². The Morgan fingerprint density at radius 1 is 0.676 bits per heavy atom. The molecule has 5 aromatic rings. The monoisotopic (exact) mass is 626 g/mol. The van der Waals surface area contributed by atoms with Gasteiger partial charge in [-0.2, -0.15) is 0 Å². The Kier molecular flexibility index (Phi) is 6.13. The van der Waals surface area contributed by atoms with Crippen LogP contribution in [0.25, 0.3) is 33.6 Å². The largest absolute Gasteiger partial charge is 0.305 e. The van der Waals surface area contributed by atoms with Crippen LogP contribution in [0.2, 0.25) is 0 Å². The number of benzene rings is 3. The Balaban J connectivity index is 0.000000225. The van der Waals surface area contributed by atoms with E-state index in [0.717, 1.165) is 27.9 Å². The summed E-state index contributed by atoms with van der Waals surface area (Å²) in [6.45, 7) is -4.09. The van der Waals surface area contributed by atoms with E-state index in [1.54, 1.807) is 48.7 Å².